The van der Waals surface area contributed by atoms with Crippen LogP contribution in [0, 0.1) is 0 Å². The van der Waals surface area contributed by atoms with E-state index in [1.807, 2.05) is 36.4 Å². The van der Waals surface area contributed by atoms with E-state index in [2.05, 4.69) is 6.58 Å². The topological polar surface area (TPSA) is 0 Å². The third-order valence-electron chi connectivity index (χ3n) is 1.04. The first-order valence-electron chi connectivity index (χ1n) is 2.61. The Hall–Kier alpha value is 0.441. The molecule has 0 heterocycles. The summed E-state index contributed by atoms with van der Waals surface area (Å²) in [5, 5.41) is 0. The average molecular weight is 192 g/mol. The minimum atomic E-state index is 0. The average Bonchev–Trinajstić information content (AvgIpc) is 1.90. The van der Waals surface area contributed by atoms with Gasteiger partial charge in [0.05, 0.1) is 0 Å². The molecule has 0 saturated carbocycles. The van der Waals surface area contributed by atoms with E-state index >= 15 is 0 Å². The molecule has 0 atom stereocenters. The molecule has 0 N–H and O–H groups in total. The SMILES string of the molecule is C=Cc1ccccc1.[Sr]. The molecule has 1 aromatic carbocycles. The standard InChI is InChI=1S/C8H8.Sr/c1-2-8-6-4-3-5-7-8;/h2-7H,1H2;. The van der Waals surface area contributed by atoms with Gasteiger partial charge >= 0.3 is 0 Å². The molecule has 0 aliphatic carbocycles. The molecule has 0 spiro atoms. The summed E-state index contributed by atoms with van der Waals surface area (Å²) in [7, 11) is 0. The van der Waals surface area contributed by atoms with Crippen LogP contribution in [0.5, 0.6) is 0 Å². The molecule has 1 aromatic rings. The zero-order chi connectivity index (χ0) is 5.82. The van der Waals surface area contributed by atoms with Gasteiger partial charge in [-0.15, -0.1) is 0 Å². The van der Waals surface area contributed by atoms with Gasteiger partial charge in [-0.05, 0) is 5.56 Å². The van der Waals surface area contributed by atoms with Crippen molar-refractivity contribution < 1.29 is 0 Å². The molecular weight excluding hydrogens is 184 g/mol. The van der Waals surface area contributed by atoms with E-state index in [-0.39, 0.29) is 45.5 Å². The first-order chi connectivity index (χ1) is 3.93. The second-order valence-electron chi connectivity index (χ2n) is 1.61. The van der Waals surface area contributed by atoms with Crippen molar-refractivity contribution in [3.63, 3.8) is 0 Å². The third-order valence-corrected chi connectivity index (χ3v) is 1.04. The second kappa shape index (κ2) is 5.24. The van der Waals surface area contributed by atoms with Crippen LogP contribution in [0.1, 0.15) is 5.56 Å². The minimum absolute atomic E-state index is 0. The van der Waals surface area contributed by atoms with Crippen molar-refractivity contribution in [3.05, 3.63) is 42.5 Å². The van der Waals surface area contributed by atoms with Crippen molar-refractivity contribution in [2.45, 2.75) is 0 Å². The van der Waals surface area contributed by atoms with Gasteiger partial charge in [0.15, 0.2) is 0 Å². The van der Waals surface area contributed by atoms with E-state index in [0.29, 0.717) is 0 Å². The monoisotopic (exact) mass is 192 g/mol. The molecule has 0 amide bonds. The smallest absolute Gasteiger partial charge is 0 e. The maximum atomic E-state index is 3.63. The zero-order valence-corrected chi connectivity index (χ0v) is 8.85. The van der Waals surface area contributed by atoms with Crippen molar-refractivity contribution in [3.8, 4) is 0 Å². The summed E-state index contributed by atoms with van der Waals surface area (Å²) in [6.07, 6.45) is 1.83. The Kier molecular flexibility index (Phi) is 5.50. The van der Waals surface area contributed by atoms with Crippen LogP contribution < -0.4 is 0 Å². The molecule has 0 nitrogen and oxygen atoms in total. The molecule has 0 aromatic heterocycles. The van der Waals surface area contributed by atoms with Crippen LogP contribution in [0.25, 0.3) is 6.08 Å². The Labute approximate surface area is 92.9 Å². The van der Waals surface area contributed by atoms with Gasteiger partial charge < -0.3 is 0 Å². The maximum Gasteiger partial charge on any atom is 0 e. The molecule has 0 aliphatic heterocycles. The predicted molar refractivity (Wildman–Crippen MR) is 42.3 cm³/mol. The summed E-state index contributed by atoms with van der Waals surface area (Å²) < 4.78 is 0. The van der Waals surface area contributed by atoms with Crippen molar-refractivity contribution in [2.24, 2.45) is 0 Å². The fourth-order valence-corrected chi connectivity index (χ4v) is 0.589. The van der Waals surface area contributed by atoms with Crippen molar-refractivity contribution >= 4 is 51.6 Å². The summed E-state index contributed by atoms with van der Waals surface area (Å²) in [6, 6.07) is 10.0. The summed E-state index contributed by atoms with van der Waals surface area (Å²) in [5.41, 5.74) is 1.17. The van der Waals surface area contributed by atoms with Crippen LogP contribution in [0.3, 0.4) is 0 Å². The van der Waals surface area contributed by atoms with Gasteiger partial charge in [-0.1, -0.05) is 43.0 Å². The predicted octanol–water partition coefficient (Wildman–Crippen LogP) is 1.95. The molecule has 2 radical (unpaired) electrons. The van der Waals surface area contributed by atoms with Gasteiger partial charge in [0.1, 0.15) is 0 Å². The number of hydrogen-bond donors (Lipinski definition) is 0. The minimum Gasteiger partial charge on any atom is -0.0985 e. The van der Waals surface area contributed by atoms with Crippen LogP contribution in [0.15, 0.2) is 36.9 Å². The van der Waals surface area contributed by atoms with Gasteiger partial charge in [-0.3, -0.25) is 0 Å². The van der Waals surface area contributed by atoms with Gasteiger partial charge in [-0.25, -0.2) is 0 Å². The number of benzene rings is 1. The molecule has 0 fully saturated rings. The van der Waals surface area contributed by atoms with E-state index in [1.165, 1.54) is 5.56 Å². The molecule has 0 bridgehead atoms. The van der Waals surface area contributed by atoms with Crippen LogP contribution in [-0.4, -0.2) is 45.5 Å². The Morgan fingerprint density at radius 3 is 2.00 bits per heavy atom. The zero-order valence-electron chi connectivity index (χ0n) is 5.38. The molecule has 1 rings (SSSR count). The van der Waals surface area contributed by atoms with Crippen molar-refractivity contribution in [1.29, 1.82) is 0 Å². The van der Waals surface area contributed by atoms with Gasteiger partial charge in [0.2, 0.25) is 0 Å². The summed E-state index contributed by atoms with van der Waals surface area (Å²) >= 11 is 0. The van der Waals surface area contributed by atoms with Gasteiger partial charge in [0.25, 0.3) is 0 Å². The summed E-state index contributed by atoms with van der Waals surface area (Å²) in [6.45, 7) is 3.63. The van der Waals surface area contributed by atoms with E-state index < -0.39 is 0 Å². The summed E-state index contributed by atoms with van der Waals surface area (Å²) in [5.74, 6) is 0. The fourth-order valence-electron chi connectivity index (χ4n) is 0.589. The Morgan fingerprint density at radius 2 is 1.67 bits per heavy atom. The largest absolute Gasteiger partial charge is 0.0985 e. The Morgan fingerprint density at radius 1 is 1.11 bits per heavy atom. The Bertz CT molecular complexity index is 167. The number of rotatable bonds is 1. The third kappa shape index (κ3) is 3.21. The van der Waals surface area contributed by atoms with Crippen molar-refractivity contribution in [2.75, 3.05) is 0 Å². The molecule has 9 heavy (non-hydrogen) atoms. The molecule has 0 unspecified atom stereocenters. The molecule has 1 heteroatoms. The van der Waals surface area contributed by atoms with Crippen molar-refractivity contribution in [1.82, 2.24) is 0 Å². The van der Waals surface area contributed by atoms with Crippen LogP contribution in [-0.2, 0) is 0 Å². The first kappa shape index (κ1) is 9.44. The Balaban J connectivity index is 0.000000640. The maximum absolute atomic E-state index is 3.63. The molecule has 0 saturated heterocycles. The van der Waals surface area contributed by atoms with E-state index in [4.69, 9.17) is 0 Å². The molecular formula is C8H8Sr. The first-order valence-corrected chi connectivity index (χ1v) is 2.61. The molecule has 0 aliphatic rings. The van der Waals surface area contributed by atoms with Crippen LogP contribution in [0.4, 0.5) is 0 Å². The van der Waals surface area contributed by atoms with E-state index in [1.54, 1.807) is 0 Å². The quantitative estimate of drug-likeness (QED) is 0.596. The number of hydrogen-bond acceptors (Lipinski definition) is 0. The second-order valence-corrected chi connectivity index (χ2v) is 1.61. The van der Waals surface area contributed by atoms with Gasteiger partial charge in [0, 0.05) is 45.5 Å². The van der Waals surface area contributed by atoms with Crippen LogP contribution in [0.2, 0.25) is 0 Å². The van der Waals surface area contributed by atoms with E-state index in [9.17, 15) is 0 Å². The fraction of sp³-hybridized carbons (Fsp3) is 0. The molecule has 42 valence electrons. The van der Waals surface area contributed by atoms with Crippen LogP contribution >= 0.6 is 0 Å². The normalized spacial score (nSPS) is 7.56. The van der Waals surface area contributed by atoms with E-state index in [0.717, 1.165) is 0 Å². The summed E-state index contributed by atoms with van der Waals surface area (Å²) in [4.78, 5) is 0. The van der Waals surface area contributed by atoms with Gasteiger partial charge in [-0.2, -0.15) is 0 Å².